The van der Waals surface area contributed by atoms with Gasteiger partial charge in [0, 0.05) is 38.2 Å². The van der Waals surface area contributed by atoms with Gasteiger partial charge < -0.3 is 20.5 Å². The molecule has 3 N–H and O–H groups in total. The molecule has 0 radical (unpaired) electrons. The molecule has 1 fully saturated rings. The number of carbonyl (C=O) groups is 1. The summed E-state index contributed by atoms with van der Waals surface area (Å²) in [7, 11) is 2.00. The molecule has 0 aliphatic carbocycles. The number of carboxylic acid groups (broad SMARTS) is 1. The molecule has 2 rings (SSSR count). The number of aromatic carboxylic acids is 1. The van der Waals surface area contributed by atoms with Gasteiger partial charge in [-0.15, -0.1) is 0 Å². The maximum atomic E-state index is 10.9. The fraction of sp³-hybridized carbons (Fsp3) is 0.500. The highest BCUT2D eigenvalue weighted by Crippen LogP contribution is 2.23. The largest absolute Gasteiger partial charge is 0.478 e. The number of nitrogens with two attached hydrogens (primary N) is 1. The summed E-state index contributed by atoms with van der Waals surface area (Å²) < 4.78 is 5.34. The molecule has 1 aliphatic rings. The summed E-state index contributed by atoms with van der Waals surface area (Å²) in [4.78, 5) is 13.0. The van der Waals surface area contributed by atoms with Gasteiger partial charge in [0.1, 0.15) is 0 Å². The monoisotopic (exact) mass is 264 g/mol. The van der Waals surface area contributed by atoms with E-state index in [0.29, 0.717) is 11.6 Å². The first-order chi connectivity index (χ1) is 9.08. The summed E-state index contributed by atoms with van der Waals surface area (Å²) in [5.74, 6) is -0.366. The van der Waals surface area contributed by atoms with Crippen molar-refractivity contribution >= 4 is 17.3 Å². The van der Waals surface area contributed by atoms with Gasteiger partial charge in [-0.1, -0.05) is 0 Å². The summed E-state index contributed by atoms with van der Waals surface area (Å²) in [6.07, 6.45) is 2.15. The van der Waals surface area contributed by atoms with Gasteiger partial charge in [-0.3, -0.25) is 0 Å². The van der Waals surface area contributed by atoms with Gasteiger partial charge in [0.25, 0.3) is 0 Å². The molecule has 0 atom stereocenters. The van der Waals surface area contributed by atoms with Crippen LogP contribution in [0.3, 0.4) is 0 Å². The highest BCUT2D eigenvalue weighted by molar-refractivity contribution is 5.94. The summed E-state index contributed by atoms with van der Waals surface area (Å²) in [6.45, 7) is 2.60. The highest BCUT2D eigenvalue weighted by atomic mass is 16.5. The second-order valence-electron chi connectivity index (χ2n) is 5.01. The van der Waals surface area contributed by atoms with Crippen molar-refractivity contribution in [3.63, 3.8) is 0 Å². The van der Waals surface area contributed by atoms with E-state index in [2.05, 4.69) is 4.90 Å². The predicted octanol–water partition coefficient (Wildman–Crippen LogP) is 1.83. The summed E-state index contributed by atoms with van der Waals surface area (Å²) in [5.41, 5.74) is 7.18. The third-order valence-electron chi connectivity index (χ3n) is 3.58. The number of hydrogen-bond acceptors (Lipinski definition) is 4. The lowest BCUT2D eigenvalue weighted by Gasteiger charge is -2.28. The first-order valence-electron chi connectivity index (χ1n) is 6.49. The molecule has 1 aliphatic heterocycles. The maximum absolute atomic E-state index is 10.9. The van der Waals surface area contributed by atoms with E-state index in [1.807, 2.05) is 7.05 Å². The summed E-state index contributed by atoms with van der Waals surface area (Å²) in [5, 5.41) is 8.95. The van der Waals surface area contributed by atoms with Crippen LogP contribution in [0.2, 0.25) is 0 Å². The first-order valence-corrected chi connectivity index (χ1v) is 6.49. The maximum Gasteiger partial charge on any atom is 0.337 e. The number of rotatable bonds is 4. The van der Waals surface area contributed by atoms with E-state index in [4.69, 9.17) is 15.6 Å². The average Bonchev–Trinajstić information content (AvgIpc) is 2.39. The van der Waals surface area contributed by atoms with Crippen LogP contribution in [-0.2, 0) is 4.74 Å². The first kappa shape index (κ1) is 13.7. The van der Waals surface area contributed by atoms with Crippen molar-refractivity contribution in [2.45, 2.75) is 12.8 Å². The lowest BCUT2D eigenvalue weighted by Crippen LogP contribution is -2.29. The molecule has 0 bridgehead atoms. The normalized spacial score (nSPS) is 16.3. The fourth-order valence-electron chi connectivity index (χ4n) is 2.40. The van der Waals surface area contributed by atoms with Crippen molar-refractivity contribution in [1.29, 1.82) is 0 Å². The molecule has 1 heterocycles. The molecule has 1 aromatic rings. The van der Waals surface area contributed by atoms with E-state index in [1.165, 1.54) is 0 Å². The minimum absolute atomic E-state index is 0.156. The van der Waals surface area contributed by atoms with Crippen LogP contribution < -0.4 is 10.6 Å². The van der Waals surface area contributed by atoms with E-state index in [9.17, 15) is 4.79 Å². The molecule has 1 aromatic carbocycles. The number of hydrogen-bond donors (Lipinski definition) is 2. The molecule has 19 heavy (non-hydrogen) atoms. The fourth-order valence-corrected chi connectivity index (χ4v) is 2.40. The van der Waals surface area contributed by atoms with Crippen LogP contribution in [0.25, 0.3) is 0 Å². The standard InChI is InChI=1S/C14H20N2O3/c1-16(9-10-4-6-19-7-5-10)11-2-3-12(14(17)18)13(15)8-11/h2-3,8,10H,4-7,9,15H2,1H3,(H,17,18). The quantitative estimate of drug-likeness (QED) is 0.811. The third-order valence-corrected chi connectivity index (χ3v) is 3.58. The van der Waals surface area contributed by atoms with Gasteiger partial charge in [-0.25, -0.2) is 4.79 Å². The van der Waals surface area contributed by atoms with E-state index in [-0.39, 0.29) is 5.56 Å². The highest BCUT2D eigenvalue weighted by Gasteiger charge is 2.17. The van der Waals surface area contributed by atoms with E-state index in [0.717, 1.165) is 38.3 Å². The van der Waals surface area contributed by atoms with Gasteiger partial charge in [-0.05, 0) is 37.0 Å². The number of benzene rings is 1. The van der Waals surface area contributed by atoms with Crippen molar-refractivity contribution in [1.82, 2.24) is 0 Å². The van der Waals surface area contributed by atoms with Crippen molar-refractivity contribution in [2.24, 2.45) is 5.92 Å². The summed E-state index contributed by atoms with van der Waals surface area (Å²) in [6, 6.07) is 5.09. The minimum Gasteiger partial charge on any atom is -0.478 e. The van der Waals surface area contributed by atoms with Gasteiger partial charge in [0.05, 0.1) is 5.56 Å². The lowest BCUT2D eigenvalue weighted by atomic mass is 9.99. The Bertz CT molecular complexity index is 456. The summed E-state index contributed by atoms with van der Waals surface area (Å²) >= 11 is 0. The third kappa shape index (κ3) is 3.38. The van der Waals surface area contributed by atoms with Gasteiger partial charge >= 0.3 is 5.97 Å². The zero-order valence-electron chi connectivity index (χ0n) is 11.1. The lowest BCUT2D eigenvalue weighted by molar-refractivity contribution is 0.0684. The second-order valence-corrected chi connectivity index (χ2v) is 5.01. The topological polar surface area (TPSA) is 75.8 Å². The van der Waals surface area contributed by atoms with Crippen molar-refractivity contribution < 1.29 is 14.6 Å². The van der Waals surface area contributed by atoms with Crippen molar-refractivity contribution in [3.05, 3.63) is 23.8 Å². The molecule has 1 saturated heterocycles. The van der Waals surface area contributed by atoms with E-state index < -0.39 is 5.97 Å². The number of ether oxygens (including phenoxy) is 1. The zero-order chi connectivity index (χ0) is 13.8. The number of nitrogen functional groups attached to an aromatic ring is 1. The molecule has 5 nitrogen and oxygen atoms in total. The van der Waals surface area contributed by atoms with E-state index >= 15 is 0 Å². The molecular weight excluding hydrogens is 244 g/mol. The Morgan fingerprint density at radius 2 is 2.16 bits per heavy atom. The Hall–Kier alpha value is -1.75. The van der Waals surface area contributed by atoms with Crippen LogP contribution in [0.5, 0.6) is 0 Å². The van der Waals surface area contributed by atoms with E-state index in [1.54, 1.807) is 18.2 Å². The molecule has 0 unspecified atom stereocenters. The van der Waals surface area contributed by atoms with Crippen LogP contribution in [0, 0.1) is 5.92 Å². The Kier molecular flexibility index (Phi) is 4.27. The molecule has 5 heteroatoms. The van der Waals surface area contributed by atoms with Crippen molar-refractivity contribution in [3.8, 4) is 0 Å². The van der Waals surface area contributed by atoms with Crippen LogP contribution in [-0.4, -0.2) is 37.9 Å². The van der Waals surface area contributed by atoms with Gasteiger partial charge in [0.2, 0.25) is 0 Å². The molecule has 0 amide bonds. The number of anilines is 2. The predicted molar refractivity (Wildman–Crippen MR) is 74.6 cm³/mol. The number of carboxylic acids is 1. The van der Waals surface area contributed by atoms with Crippen LogP contribution in [0.1, 0.15) is 23.2 Å². The average molecular weight is 264 g/mol. The molecule has 0 saturated carbocycles. The zero-order valence-corrected chi connectivity index (χ0v) is 11.1. The van der Waals surface area contributed by atoms with Gasteiger partial charge in [-0.2, -0.15) is 0 Å². The van der Waals surface area contributed by atoms with Crippen molar-refractivity contribution in [2.75, 3.05) is 37.4 Å². The van der Waals surface area contributed by atoms with Gasteiger partial charge in [0.15, 0.2) is 0 Å². The minimum atomic E-state index is -0.990. The molecule has 0 spiro atoms. The Morgan fingerprint density at radius 1 is 1.47 bits per heavy atom. The Balaban J connectivity index is 2.04. The smallest absolute Gasteiger partial charge is 0.337 e. The Labute approximate surface area is 113 Å². The molecule has 0 aromatic heterocycles. The van der Waals surface area contributed by atoms with Crippen LogP contribution in [0.4, 0.5) is 11.4 Å². The van der Waals surface area contributed by atoms with Crippen LogP contribution >= 0.6 is 0 Å². The molecule has 104 valence electrons. The molecular formula is C14H20N2O3. The SMILES string of the molecule is CN(CC1CCOCC1)c1ccc(C(=O)O)c(N)c1. The second kappa shape index (κ2) is 5.93. The van der Waals surface area contributed by atoms with Crippen LogP contribution in [0.15, 0.2) is 18.2 Å². The Morgan fingerprint density at radius 3 is 2.74 bits per heavy atom. The number of nitrogens with zero attached hydrogens (tertiary/aromatic N) is 1.